The molecule has 2 aliphatic heterocycles. The lowest BCUT2D eigenvalue weighted by molar-refractivity contribution is 0.0692. The van der Waals surface area contributed by atoms with Crippen LogP contribution in [0.1, 0.15) is 122 Å². The number of carbonyl (C=O) groups excluding carboxylic acids is 4. The van der Waals surface area contributed by atoms with Crippen LogP contribution in [0.5, 0.6) is 46.0 Å². The number of anilines is 1. The first-order valence-electron chi connectivity index (χ1n) is 26.2. The molecule has 10 nitrogen and oxygen atoms in total. The fraction of sp³-hybridized carbons (Fsp3) is 0.159. The van der Waals surface area contributed by atoms with Crippen molar-refractivity contribution in [2.24, 2.45) is 0 Å². The van der Waals surface area contributed by atoms with Crippen LogP contribution < -0.4 is 23.8 Å². The van der Waals surface area contributed by atoms with E-state index in [-0.39, 0.29) is 33.6 Å². The van der Waals surface area contributed by atoms with Crippen molar-refractivity contribution in [3.05, 3.63) is 267 Å². The molecule has 4 amide bonds. The van der Waals surface area contributed by atoms with Crippen LogP contribution in [0.3, 0.4) is 0 Å². The first kappa shape index (κ1) is 51.6. The highest BCUT2D eigenvalue weighted by molar-refractivity contribution is 6.34. The predicted molar refractivity (Wildman–Crippen MR) is 307 cm³/mol. The molecule has 11 rings (SSSR count). The monoisotopic (exact) mass is 1040 g/mol. The standard InChI is InChI=1S/C69H58N2O8/c1-43-12-24-51(25-13-43)76-52-26-18-46(19-27-52)68(4,5)48-10-9-11-49(40-48)69(6,7)47-20-28-53(29-21-47)77-56-34-22-50(23-35-56)71-65(74)60-39-37-58(42-62(60)66(71)75)79-55-32-16-45(17-33-55)67(2,3)44-14-30-54(31-15-44)78-57-36-38-59-61(41-57)64(73)70(8)63(59)72/h9-42H,1-8H3. The average molecular weight is 1040 g/mol. The van der Waals surface area contributed by atoms with Crippen LogP contribution in [0.25, 0.3) is 0 Å². The van der Waals surface area contributed by atoms with E-state index in [1.54, 1.807) is 60.7 Å². The van der Waals surface area contributed by atoms with Crippen molar-refractivity contribution in [1.29, 1.82) is 0 Å². The van der Waals surface area contributed by atoms with Crippen LogP contribution in [-0.2, 0) is 16.2 Å². The molecule has 0 saturated carbocycles. The lowest BCUT2D eigenvalue weighted by Crippen LogP contribution is -2.29. The third-order valence-corrected chi connectivity index (χ3v) is 15.6. The van der Waals surface area contributed by atoms with E-state index < -0.39 is 11.8 Å². The molecular formula is C69H58N2O8. The molecule has 0 unspecified atom stereocenters. The molecule has 0 aromatic heterocycles. The zero-order valence-electron chi connectivity index (χ0n) is 45.3. The van der Waals surface area contributed by atoms with Gasteiger partial charge in [0.15, 0.2) is 0 Å². The molecule has 10 heteroatoms. The minimum Gasteiger partial charge on any atom is -0.457 e. The molecular weight excluding hydrogens is 985 g/mol. The predicted octanol–water partition coefficient (Wildman–Crippen LogP) is 16.2. The second-order valence-corrected chi connectivity index (χ2v) is 21.8. The molecule has 392 valence electrons. The lowest BCUT2D eigenvalue weighted by atomic mass is 9.73. The molecule has 9 aromatic carbocycles. The zero-order valence-corrected chi connectivity index (χ0v) is 45.3. The van der Waals surface area contributed by atoms with E-state index in [1.165, 1.54) is 34.2 Å². The maximum atomic E-state index is 13.9. The number of rotatable bonds is 15. The summed E-state index contributed by atoms with van der Waals surface area (Å²) >= 11 is 0. The van der Waals surface area contributed by atoms with Gasteiger partial charge in [0.2, 0.25) is 0 Å². The number of carbonyl (C=O) groups is 4. The molecule has 9 aromatic rings. The van der Waals surface area contributed by atoms with Crippen LogP contribution >= 0.6 is 0 Å². The fourth-order valence-electron chi connectivity index (χ4n) is 10.3. The van der Waals surface area contributed by atoms with Gasteiger partial charge in [0.05, 0.1) is 27.9 Å². The van der Waals surface area contributed by atoms with E-state index in [4.69, 9.17) is 18.9 Å². The van der Waals surface area contributed by atoms with Gasteiger partial charge in [-0.25, -0.2) is 4.90 Å². The summed E-state index contributed by atoms with van der Waals surface area (Å²) in [5.41, 5.74) is 8.74. The highest BCUT2D eigenvalue weighted by atomic mass is 16.5. The first-order valence-corrected chi connectivity index (χ1v) is 26.2. The third-order valence-electron chi connectivity index (χ3n) is 15.6. The van der Waals surface area contributed by atoms with Crippen LogP contribution in [0.2, 0.25) is 0 Å². The summed E-state index contributed by atoms with van der Waals surface area (Å²) in [6.07, 6.45) is 0. The average Bonchev–Trinajstić information content (AvgIpc) is 4.06. The van der Waals surface area contributed by atoms with Gasteiger partial charge in [0.1, 0.15) is 46.0 Å². The Hall–Kier alpha value is -9.54. The number of aryl methyl sites for hydroxylation is 1. The smallest absolute Gasteiger partial charge is 0.266 e. The van der Waals surface area contributed by atoms with Gasteiger partial charge in [-0.3, -0.25) is 24.1 Å². The molecule has 2 heterocycles. The number of nitrogens with zero attached hydrogens (tertiary/aromatic N) is 2. The highest BCUT2D eigenvalue weighted by Gasteiger charge is 2.38. The Labute approximate surface area is 460 Å². The lowest BCUT2D eigenvalue weighted by Gasteiger charge is -2.31. The molecule has 2 aliphatic rings. The summed E-state index contributed by atoms with van der Waals surface area (Å²) in [7, 11) is 1.47. The minimum absolute atomic E-state index is 0.258. The molecule has 0 aliphatic carbocycles. The Morgan fingerprint density at radius 2 is 0.595 bits per heavy atom. The zero-order chi connectivity index (χ0) is 55.4. The van der Waals surface area contributed by atoms with Crippen molar-refractivity contribution < 1.29 is 38.1 Å². The largest absolute Gasteiger partial charge is 0.457 e. The Morgan fingerprint density at radius 1 is 0.304 bits per heavy atom. The van der Waals surface area contributed by atoms with Crippen molar-refractivity contribution in [2.75, 3.05) is 11.9 Å². The van der Waals surface area contributed by atoms with Crippen molar-refractivity contribution in [3.8, 4) is 46.0 Å². The fourth-order valence-corrected chi connectivity index (χ4v) is 10.3. The van der Waals surface area contributed by atoms with Gasteiger partial charge >= 0.3 is 0 Å². The number of fused-ring (bicyclic) bond motifs is 2. The van der Waals surface area contributed by atoms with Gasteiger partial charge in [-0.2, -0.15) is 0 Å². The molecule has 0 saturated heterocycles. The van der Waals surface area contributed by atoms with E-state index in [1.807, 2.05) is 97.1 Å². The maximum Gasteiger partial charge on any atom is 0.266 e. The van der Waals surface area contributed by atoms with E-state index >= 15 is 0 Å². The van der Waals surface area contributed by atoms with Crippen LogP contribution in [0, 0.1) is 6.92 Å². The number of amides is 4. The normalized spacial score (nSPS) is 13.4. The number of ether oxygens (including phenoxy) is 4. The van der Waals surface area contributed by atoms with Gasteiger partial charge in [-0.1, -0.05) is 132 Å². The first-order chi connectivity index (χ1) is 37.8. The summed E-state index contributed by atoms with van der Waals surface area (Å²) < 4.78 is 24.7. The van der Waals surface area contributed by atoms with Gasteiger partial charge in [0, 0.05) is 23.3 Å². The second-order valence-electron chi connectivity index (χ2n) is 21.8. The Balaban J connectivity index is 0.698. The van der Waals surface area contributed by atoms with E-state index in [0.717, 1.165) is 33.1 Å². The number of hydrogen-bond acceptors (Lipinski definition) is 8. The molecule has 0 radical (unpaired) electrons. The van der Waals surface area contributed by atoms with E-state index in [0.29, 0.717) is 56.9 Å². The van der Waals surface area contributed by atoms with E-state index in [9.17, 15) is 19.2 Å². The second kappa shape index (κ2) is 20.1. The van der Waals surface area contributed by atoms with Crippen LogP contribution in [-0.4, -0.2) is 35.6 Å². The Kier molecular flexibility index (Phi) is 13.1. The van der Waals surface area contributed by atoms with Gasteiger partial charge in [0.25, 0.3) is 23.6 Å². The SMILES string of the molecule is Cc1ccc(Oc2ccc(C(C)(C)c3cccc(C(C)(C)c4ccc(Oc5ccc(N6C(=O)c7ccc(Oc8ccc(C(C)(C)c9ccc(Oc%10ccc%11c(c%10)C(=O)N(C)C%11=O)cc9)cc8)cc7C6=O)cc5)cc4)c3)cc2)cc1. The topological polar surface area (TPSA) is 112 Å². The van der Waals surface area contributed by atoms with Gasteiger partial charge in [-0.05, 0) is 162 Å². The molecule has 79 heavy (non-hydrogen) atoms. The minimum atomic E-state index is -0.440. The highest BCUT2D eigenvalue weighted by Crippen LogP contribution is 2.41. The Bertz CT molecular complexity index is 3820. The Morgan fingerprint density at radius 3 is 1.00 bits per heavy atom. The summed E-state index contributed by atoms with van der Waals surface area (Å²) in [5.74, 6) is 3.36. The number of benzene rings is 9. The number of hydrogen-bond donors (Lipinski definition) is 0. The molecule has 0 spiro atoms. The number of imide groups is 2. The van der Waals surface area contributed by atoms with Crippen molar-refractivity contribution >= 4 is 29.3 Å². The maximum absolute atomic E-state index is 13.9. The van der Waals surface area contributed by atoms with Crippen molar-refractivity contribution in [2.45, 2.75) is 64.7 Å². The van der Waals surface area contributed by atoms with E-state index in [2.05, 4.69) is 97.0 Å². The molecule has 0 atom stereocenters. The van der Waals surface area contributed by atoms with Gasteiger partial charge < -0.3 is 18.9 Å². The summed E-state index contributed by atoms with van der Waals surface area (Å²) in [5, 5.41) is 0. The quantitative estimate of drug-likeness (QED) is 0.0934. The molecule has 0 bridgehead atoms. The van der Waals surface area contributed by atoms with Crippen molar-refractivity contribution in [1.82, 2.24) is 4.90 Å². The van der Waals surface area contributed by atoms with Crippen LogP contribution in [0.15, 0.2) is 206 Å². The summed E-state index contributed by atoms with van der Waals surface area (Å²) in [4.78, 5) is 54.6. The van der Waals surface area contributed by atoms with Crippen LogP contribution in [0.4, 0.5) is 5.69 Å². The third kappa shape index (κ3) is 9.93. The summed E-state index contributed by atoms with van der Waals surface area (Å²) in [6, 6.07) is 65.6. The van der Waals surface area contributed by atoms with Crippen molar-refractivity contribution in [3.63, 3.8) is 0 Å². The molecule has 0 N–H and O–H groups in total. The summed E-state index contributed by atoms with van der Waals surface area (Å²) in [6.45, 7) is 15.3. The molecule has 0 fully saturated rings. The van der Waals surface area contributed by atoms with Gasteiger partial charge in [-0.15, -0.1) is 0 Å².